The zero-order chi connectivity index (χ0) is 14.5. The Morgan fingerprint density at radius 3 is 1.94 bits per heavy atom. The summed E-state index contributed by atoms with van der Waals surface area (Å²) in [6.07, 6.45) is 1.81. The molecule has 0 amide bonds. The molecule has 2 atom stereocenters. The lowest BCUT2D eigenvalue weighted by Gasteiger charge is -2.31. The van der Waals surface area contributed by atoms with Crippen molar-refractivity contribution in [3.05, 3.63) is 0 Å². The van der Waals surface area contributed by atoms with Crippen LogP contribution in [-0.4, -0.2) is 12.1 Å². The minimum atomic E-state index is -0.369. The van der Waals surface area contributed by atoms with Crippen LogP contribution in [0.4, 0.5) is 0 Å². The van der Waals surface area contributed by atoms with E-state index in [1.54, 1.807) is 0 Å². The lowest BCUT2D eigenvalue weighted by atomic mass is 9.86. The van der Waals surface area contributed by atoms with E-state index in [0.717, 1.165) is 12.8 Å². The van der Waals surface area contributed by atoms with Gasteiger partial charge in [-0.1, -0.05) is 41.5 Å². The van der Waals surface area contributed by atoms with Crippen LogP contribution in [0.25, 0.3) is 0 Å². The van der Waals surface area contributed by atoms with Gasteiger partial charge in [0.2, 0.25) is 0 Å². The van der Waals surface area contributed by atoms with Crippen LogP contribution in [-0.2, 0) is 9.53 Å². The van der Waals surface area contributed by atoms with Gasteiger partial charge in [-0.2, -0.15) is 0 Å². The molecule has 0 aliphatic rings. The number of carbonyl (C=O) groups is 1. The van der Waals surface area contributed by atoms with Gasteiger partial charge in [0.25, 0.3) is 0 Å². The van der Waals surface area contributed by atoms with Crippen LogP contribution in [0.3, 0.4) is 0 Å². The minimum Gasteiger partial charge on any atom is -0.462 e. The van der Waals surface area contributed by atoms with Gasteiger partial charge >= 0.3 is 5.97 Å². The molecule has 0 rings (SSSR count). The summed E-state index contributed by atoms with van der Waals surface area (Å²) in [5, 5.41) is 0. The van der Waals surface area contributed by atoms with E-state index >= 15 is 0 Å². The predicted octanol–water partition coefficient (Wildman–Crippen LogP) is 4.67. The Morgan fingerprint density at radius 1 is 1.11 bits per heavy atom. The number of hydrogen-bond donors (Lipinski definition) is 0. The number of rotatable bonds is 7. The minimum absolute atomic E-state index is 0.0447. The molecule has 0 aromatic heterocycles. The fourth-order valence-corrected chi connectivity index (χ4v) is 1.71. The molecule has 18 heavy (non-hydrogen) atoms. The van der Waals surface area contributed by atoms with Gasteiger partial charge in [-0.15, -0.1) is 0 Å². The molecule has 0 aromatic carbocycles. The highest BCUT2D eigenvalue weighted by Gasteiger charge is 2.32. The van der Waals surface area contributed by atoms with Crippen LogP contribution in [0, 0.1) is 23.2 Å². The topological polar surface area (TPSA) is 26.3 Å². The summed E-state index contributed by atoms with van der Waals surface area (Å²) in [5.41, 5.74) is -0.369. The van der Waals surface area contributed by atoms with Crippen molar-refractivity contribution in [2.75, 3.05) is 0 Å². The Balaban J connectivity index is 4.74. The van der Waals surface area contributed by atoms with Crippen molar-refractivity contribution < 1.29 is 9.53 Å². The molecule has 0 aliphatic carbocycles. The van der Waals surface area contributed by atoms with E-state index in [1.807, 2.05) is 20.8 Å². The maximum absolute atomic E-state index is 12.2. The van der Waals surface area contributed by atoms with Crippen molar-refractivity contribution >= 4 is 5.97 Å². The first-order valence-electron chi connectivity index (χ1n) is 7.32. The van der Waals surface area contributed by atoms with Crippen LogP contribution in [0.5, 0.6) is 0 Å². The lowest BCUT2D eigenvalue weighted by molar-refractivity contribution is -0.164. The molecular formula is C16H32O2. The zero-order valence-electron chi connectivity index (χ0n) is 13.5. The highest BCUT2D eigenvalue weighted by atomic mass is 16.5. The molecule has 0 spiro atoms. The van der Waals surface area contributed by atoms with Gasteiger partial charge in [0, 0.05) is 0 Å². The Kier molecular flexibility index (Phi) is 6.94. The average Bonchev–Trinajstić information content (AvgIpc) is 2.26. The molecule has 2 nitrogen and oxygen atoms in total. The largest absolute Gasteiger partial charge is 0.462 e. The molecule has 0 aliphatic heterocycles. The highest BCUT2D eigenvalue weighted by Crippen LogP contribution is 2.28. The Morgan fingerprint density at radius 2 is 1.61 bits per heavy atom. The summed E-state index contributed by atoms with van der Waals surface area (Å²) in [6, 6.07) is 0. The van der Waals surface area contributed by atoms with Gasteiger partial charge in [0.05, 0.1) is 5.41 Å². The highest BCUT2D eigenvalue weighted by molar-refractivity contribution is 5.76. The van der Waals surface area contributed by atoms with E-state index in [4.69, 9.17) is 4.74 Å². The molecule has 2 unspecified atom stereocenters. The van der Waals surface area contributed by atoms with Crippen molar-refractivity contribution in [1.29, 1.82) is 0 Å². The van der Waals surface area contributed by atoms with E-state index in [-0.39, 0.29) is 17.5 Å². The smallest absolute Gasteiger partial charge is 0.311 e. The standard InChI is InChI=1S/C16H32O2/c1-9-16(7,8)15(17)18-14(10-11(2)3)13(6)12(4)5/h11-14H,9-10H2,1-8H3. The first kappa shape index (κ1) is 17.5. The fraction of sp³-hybridized carbons (Fsp3) is 0.938. The normalized spacial score (nSPS) is 15.9. The van der Waals surface area contributed by atoms with Gasteiger partial charge in [0.15, 0.2) is 0 Å². The van der Waals surface area contributed by atoms with Gasteiger partial charge in [0.1, 0.15) is 6.10 Å². The molecule has 0 radical (unpaired) electrons. The number of ether oxygens (including phenoxy) is 1. The molecule has 0 bridgehead atoms. The second-order valence-electron chi connectivity index (χ2n) is 6.91. The van der Waals surface area contributed by atoms with Gasteiger partial charge in [-0.05, 0) is 44.4 Å². The summed E-state index contributed by atoms with van der Waals surface area (Å²) in [7, 11) is 0. The Labute approximate surface area is 113 Å². The lowest BCUT2D eigenvalue weighted by Crippen LogP contribution is -2.35. The van der Waals surface area contributed by atoms with Crippen LogP contribution in [0.1, 0.15) is 68.2 Å². The van der Waals surface area contributed by atoms with Gasteiger partial charge in [-0.3, -0.25) is 4.79 Å². The predicted molar refractivity (Wildman–Crippen MR) is 77.4 cm³/mol. The maximum atomic E-state index is 12.2. The zero-order valence-corrected chi connectivity index (χ0v) is 13.5. The van der Waals surface area contributed by atoms with Crippen LogP contribution in [0.2, 0.25) is 0 Å². The molecule has 2 heteroatoms. The summed E-state index contributed by atoms with van der Waals surface area (Å²) < 4.78 is 5.80. The molecular weight excluding hydrogens is 224 g/mol. The van der Waals surface area contributed by atoms with E-state index in [2.05, 4.69) is 34.6 Å². The van der Waals surface area contributed by atoms with E-state index in [9.17, 15) is 4.79 Å². The van der Waals surface area contributed by atoms with Crippen molar-refractivity contribution in [1.82, 2.24) is 0 Å². The summed E-state index contributed by atoms with van der Waals surface area (Å²) in [5.74, 6) is 1.44. The van der Waals surface area contributed by atoms with E-state index in [1.165, 1.54) is 0 Å². The van der Waals surface area contributed by atoms with Crippen LogP contribution in [0.15, 0.2) is 0 Å². The maximum Gasteiger partial charge on any atom is 0.311 e. The van der Waals surface area contributed by atoms with Crippen molar-refractivity contribution in [2.45, 2.75) is 74.3 Å². The van der Waals surface area contributed by atoms with Crippen LogP contribution < -0.4 is 0 Å². The third-order valence-electron chi connectivity index (χ3n) is 4.04. The second-order valence-corrected chi connectivity index (χ2v) is 6.91. The van der Waals surface area contributed by atoms with Crippen LogP contribution >= 0.6 is 0 Å². The molecule has 108 valence electrons. The molecule has 0 saturated carbocycles. The first-order chi connectivity index (χ1) is 8.11. The van der Waals surface area contributed by atoms with Crippen molar-refractivity contribution in [2.24, 2.45) is 23.2 Å². The first-order valence-corrected chi connectivity index (χ1v) is 7.32. The molecule has 0 heterocycles. The third-order valence-corrected chi connectivity index (χ3v) is 4.04. The van der Waals surface area contributed by atoms with Gasteiger partial charge < -0.3 is 4.74 Å². The molecule has 0 N–H and O–H groups in total. The number of esters is 1. The summed E-state index contributed by atoms with van der Waals surface area (Å²) in [6.45, 7) is 16.9. The number of hydrogen-bond acceptors (Lipinski definition) is 2. The monoisotopic (exact) mass is 256 g/mol. The molecule has 0 fully saturated rings. The summed E-state index contributed by atoms with van der Waals surface area (Å²) >= 11 is 0. The quantitative estimate of drug-likeness (QED) is 0.619. The fourth-order valence-electron chi connectivity index (χ4n) is 1.71. The van der Waals surface area contributed by atoms with Crippen molar-refractivity contribution in [3.8, 4) is 0 Å². The van der Waals surface area contributed by atoms with Crippen molar-refractivity contribution in [3.63, 3.8) is 0 Å². The average molecular weight is 256 g/mol. The van der Waals surface area contributed by atoms with Gasteiger partial charge in [-0.25, -0.2) is 0 Å². The van der Waals surface area contributed by atoms with E-state index < -0.39 is 0 Å². The molecule has 0 aromatic rings. The SMILES string of the molecule is CCC(C)(C)C(=O)OC(CC(C)C)C(C)C(C)C. The van der Waals surface area contributed by atoms with E-state index in [0.29, 0.717) is 17.8 Å². The summed E-state index contributed by atoms with van der Waals surface area (Å²) in [4.78, 5) is 12.2. The Bertz CT molecular complexity index is 254. The molecule has 0 saturated heterocycles. The second kappa shape index (κ2) is 7.16. The number of carbonyl (C=O) groups excluding carboxylic acids is 1. The Hall–Kier alpha value is -0.530. The third kappa shape index (κ3) is 5.41.